The van der Waals surface area contributed by atoms with Gasteiger partial charge in [0.1, 0.15) is 22.6 Å². The van der Waals surface area contributed by atoms with Gasteiger partial charge in [-0.15, -0.1) is 0 Å². The molecule has 2 heterocycles. The van der Waals surface area contributed by atoms with Gasteiger partial charge in [0.2, 0.25) is 5.95 Å². The van der Waals surface area contributed by atoms with Gasteiger partial charge in [0, 0.05) is 19.6 Å². The molecule has 12 nitrogen and oxygen atoms in total. The second kappa shape index (κ2) is 14.0. The SMILES string of the molecule is CCCCNc1nc(N)nc2cn(Cc3c(OC)cc(CN(C)CCCNC(=O)OC(C)(C)C)cc3OC)nc12. The number of hydrogen-bond acceptors (Lipinski definition) is 10. The molecule has 12 heteroatoms. The summed E-state index contributed by atoms with van der Waals surface area (Å²) in [4.78, 5) is 22.7. The fourth-order valence-corrected chi connectivity index (χ4v) is 4.26. The van der Waals surface area contributed by atoms with Crippen LogP contribution in [0.5, 0.6) is 11.5 Å². The molecule has 40 heavy (non-hydrogen) atoms. The standard InChI is InChI=1S/C28H44N8O4/c1-8-9-11-30-25-24-21(32-26(29)33-25)18-36(34-24)17-20-22(38-6)14-19(15-23(20)39-7)16-35(5)13-10-12-31-27(37)40-28(2,3)4/h14-15,18H,8-13,16-17H2,1-7H3,(H,31,37)(H3,29,30,32,33). The van der Waals surface area contributed by atoms with Crippen molar-refractivity contribution < 1.29 is 19.0 Å². The first-order valence-electron chi connectivity index (χ1n) is 13.7. The van der Waals surface area contributed by atoms with Crippen LogP contribution in [0.4, 0.5) is 16.6 Å². The quantitative estimate of drug-likeness (QED) is 0.249. The van der Waals surface area contributed by atoms with E-state index in [9.17, 15) is 4.79 Å². The minimum Gasteiger partial charge on any atom is -0.496 e. The maximum Gasteiger partial charge on any atom is 0.407 e. The highest BCUT2D eigenvalue weighted by atomic mass is 16.6. The Hall–Kier alpha value is -3.80. The number of methoxy groups -OCH3 is 2. The van der Waals surface area contributed by atoms with Gasteiger partial charge in [0.05, 0.1) is 32.5 Å². The highest BCUT2D eigenvalue weighted by molar-refractivity contribution is 5.85. The molecule has 2 aromatic heterocycles. The third kappa shape index (κ3) is 8.87. The number of fused-ring (bicyclic) bond motifs is 1. The first-order chi connectivity index (χ1) is 19.0. The Kier molecular flexibility index (Phi) is 10.8. The number of aromatic nitrogens is 4. The molecule has 0 unspecified atom stereocenters. The van der Waals surface area contributed by atoms with E-state index in [1.807, 2.05) is 46.1 Å². The zero-order chi connectivity index (χ0) is 29.3. The Morgan fingerprint density at radius 3 is 2.42 bits per heavy atom. The summed E-state index contributed by atoms with van der Waals surface area (Å²) in [5, 5.41) is 10.9. The minimum atomic E-state index is -0.507. The average molecular weight is 557 g/mol. The van der Waals surface area contributed by atoms with Gasteiger partial charge in [-0.25, -0.2) is 9.78 Å². The monoisotopic (exact) mass is 556 g/mol. The predicted octanol–water partition coefficient (Wildman–Crippen LogP) is 4.03. The van der Waals surface area contributed by atoms with Gasteiger partial charge < -0.3 is 35.5 Å². The summed E-state index contributed by atoms with van der Waals surface area (Å²) in [6, 6.07) is 4.04. The van der Waals surface area contributed by atoms with E-state index in [2.05, 4.69) is 32.4 Å². The number of rotatable bonds is 14. The number of hydrogen-bond donors (Lipinski definition) is 3. The van der Waals surface area contributed by atoms with Crippen molar-refractivity contribution in [1.29, 1.82) is 0 Å². The second-order valence-electron chi connectivity index (χ2n) is 10.8. The van der Waals surface area contributed by atoms with Crippen LogP contribution < -0.4 is 25.8 Å². The number of nitrogens with one attached hydrogen (secondary N) is 2. The summed E-state index contributed by atoms with van der Waals surface area (Å²) < 4.78 is 18.6. The molecule has 0 aliphatic rings. The number of benzene rings is 1. The lowest BCUT2D eigenvalue weighted by Gasteiger charge is -2.21. The normalized spacial score (nSPS) is 11.6. The van der Waals surface area contributed by atoms with Crippen LogP contribution in [0.25, 0.3) is 11.0 Å². The van der Waals surface area contributed by atoms with Crippen molar-refractivity contribution in [3.8, 4) is 11.5 Å². The number of nitrogens with zero attached hydrogens (tertiary/aromatic N) is 5. The van der Waals surface area contributed by atoms with Crippen molar-refractivity contribution in [2.45, 2.75) is 65.6 Å². The van der Waals surface area contributed by atoms with Crippen molar-refractivity contribution in [1.82, 2.24) is 30.0 Å². The maximum atomic E-state index is 11.8. The summed E-state index contributed by atoms with van der Waals surface area (Å²) in [6.07, 6.45) is 4.33. The van der Waals surface area contributed by atoms with Crippen LogP contribution in [0.1, 0.15) is 58.1 Å². The number of nitrogen functional groups attached to an aromatic ring is 1. The molecule has 220 valence electrons. The lowest BCUT2D eigenvalue weighted by atomic mass is 10.1. The average Bonchev–Trinajstić information content (AvgIpc) is 3.28. The van der Waals surface area contributed by atoms with Crippen molar-refractivity contribution in [3.05, 3.63) is 29.5 Å². The van der Waals surface area contributed by atoms with E-state index in [1.54, 1.807) is 18.9 Å². The van der Waals surface area contributed by atoms with Crippen LogP contribution in [-0.4, -0.2) is 77.2 Å². The van der Waals surface area contributed by atoms with Crippen molar-refractivity contribution in [3.63, 3.8) is 0 Å². The van der Waals surface area contributed by atoms with Crippen molar-refractivity contribution >= 4 is 28.9 Å². The molecule has 0 atom stereocenters. The zero-order valence-electron chi connectivity index (χ0n) is 24.8. The van der Waals surface area contributed by atoms with Crippen LogP contribution in [0.3, 0.4) is 0 Å². The van der Waals surface area contributed by atoms with Crippen LogP contribution in [0.15, 0.2) is 18.3 Å². The van der Waals surface area contributed by atoms with Gasteiger partial charge in [-0.2, -0.15) is 10.1 Å². The molecule has 3 rings (SSSR count). The second-order valence-corrected chi connectivity index (χ2v) is 10.8. The van der Waals surface area contributed by atoms with Gasteiger partial charge >= 0.3 is 6.09 Å². The summed E-state index contributed by atoms with van der Waals surface area (Å²) in [5.41, 5.74) is 8.69. The van der Waals surface area contributed by atoms with Gasteiger partial charge in [0.25, 0.3) is 0 Å². The minimum absolute atomic E-state index is 0.204. The summed E-state index contributed by atoms with van der Waals surface area (Å²) in [7, 11) is 5.33. The largest absolute Gasteiger partial charge is 0.496 e. The number of alkyl carbamates (subject to hydrolysis) is 1. The molecule has 0 spiro atoms. The molecule has 0 fully saturated rings. The summed E-state index contributed by atoms with van der Waals surface area (Å²) in [5.74, 6) is 2.25. The van der Waals surface area contributed by atoms with Crippen LogP contribution in [0.2, 0.25) is 0 Å². The molecule has 0 saturated carbocycles. The third-order valence-corrected chi connectivity index (χ3v) is 6.08. The molecule has 0 aliphatic carbocycles. The van der Waals surface area contributed by atoms with E-state index in [0.29, 0.717) is 48.0 Å². The van der Waals surface area contributed by atoms with E-state index in [1.165, 1.54) is 0 Å². The first-order valence-corrected chi connectivity index (χ1v) is 13.7. The highest BCUT2D eigenvalue weighted by Gasteiger charge is 2.18. The number of carbonyl (C=O) groups is 1. The molecule has 1 aromatic carbocycles. The summed E-state index contributed by atoms with van der Waals surface area (Å²) in [6.45, 7) is 10.9. The Labute approximate surface area is 236 Å². The van der Waals surface area contributed by atoms with Crippen LogP contribution >= 0.6 is 0 Å². The number of nitrogens with two attached hydrogens (primary N) is 1. The number of anilines is 2. The third-order valence-electron chi connectivity index (χ3n) is 6.08. The fourth-order valence-electron chi connectivity index (χ4n) is 4.26. The Balaban J connectivity index is 1.69. The molecule has 0 aliphatic heterocycles. The molecular weight excluding hydrogens is 512 g/mol. The van der Waals surface area contributed by atoms with Crippen molar-refractivity contribution in [2.75, 3.05) is 52.0 Å². The number of unbranched alkanes of at least 4 members (excludes halogenated alkanes) is 1. The number of amides is 1. The fraction of sp³-hybridized carbons (Fsp3) is 0.571. The first kappa shape index (κ1) is 30.7. The Morgan fingerprint density at radius 2 is 1.80 bits per heavy atom. The molecular formula is C28H44N8O4. The number of carbonyl (C=O) groups excluding carboxylic acids is 1. The van der Waals surface area contributed by atoms with E-state index in [-0.39, 0.29) is 5.95 Å². The lowest BCUT2D eigenvalue weighted by molar-refractivity contribution is 0.0526. The topological polar surface area (TPSA) is 142 Å². The zero-order valence-corrected chi connectivity index (χ0v) is 24.8. The Bertz CT molecular complexity index is 1250. The predicted molar refractivity (Wildman–Crippen MR) is 157 cm³/mol. The Morgan fingerprint density at radius 1 is 1.10 bits per heavy atom. The lowest BCUT2D eigenvalue weighted by Crippen LogP contribution is -2.34. The molecule has 0 bridgehead atoms. The molecule has 0 radical (unpaired) electrons. The van der Waals surface area contributed by atoms with Gasteiger partial charge in [0.15, 0.2) is 11.3 Å². The number of ether oxygens (including phenoxy) is 3. The summed E-state index contributed by atoms with van der Waals surface area (Å²) >= 11 is 0. The van der Waals surface area contributed by atoms with Gasteiger partial charge in [-0.3, -0.25) is 4.68 Å². The van der Waals surface area contributed by atoms with E-state index in [4.69, 9.17) is 25.0 Å². The highest BCUT2D eigenvalue weighted by Crippen LogP contribution is 2.32. The van der Waals surface area contributed by atoms with E-state index >= 15 is 0 Å². The molecule has 1 amide bonds. The molecule has 3 aromatic rings. The maximum absolute atomic E-state index is 11.8. The van der Waals surface area contributed by atoms with Crippen LogP contribution in [-0.2, 0) is 17.8 Å². The van der Waals surface area contributed by atoms with E-state index in [0.717, 1.165) is 43.5 Å². The van der Waals surface area contributed by atoms with Crippen LogP contribution in [0, 0.1) is 0 Å². The van der Waals surface area contributed by atoms with Crippen molar-refractivity contribution in [2.24, 2.45) is 0 Å². The smallest absolute Gasteiger partial charge is 0.407 e. The van der Waals surface area contributed by atoms with Gasteiger partial charge in [-0.1, -0.05) is 13.3 Å². The molecule has 0 saturated heterocycles. The van der Waals surface area contributed by atoms with E-state index < -0.39 is 11.7 Å². The van der Waals surface area contributed by atoms with Gasteiger partial charge in [-0.05, 0) is 64.9 Å². The molecule has 4 N–H and O–H groups in total.